The predicted molar refractivity (Wildman–Crippen MR) is 71.5 cm³/mol. The third-order valence-corrected chi connectivity index (χ3v) is 5.34. The summed E-state index contributed by atoms with van der Waals surface area (Å²) in [7, 11) is 0. The van der Waals surface area contributed by atoms with Crippen LogP contribution in [-0.4, -0.2) is 0 Å². The zero-order chi connectivity index (χ0) is 11.4. The summed E-state index contributed by atoms with van der Waals surface area (Å²) in [5.41, 5.74) is 0. The summed E-state index contributed by atoms with van der Waals surface area (Å²) < 4.78 is 0. The highest BCUT2D eigenvalue weighted by Crippen LogP contribution is 2.41. The molecule has 0 aromatic heterocycles. The molecule has 2 saturated carbocycles. The van der Waals surface area contributed by atoms with Gasteiger partial charge in [-0.05, 0) is 30.1 Å². The molecule has 0 saturated heterocycles. The Hall–Kier alpha value is 0. The van der Waals surface area contributed by atoms with E-state index in [1.54, 1.807) is 19.3 Å². The maximum atomic E-state index is 2.54. The maximum absolute atomic E-state index is 2.54. The summed E-state index contributed by atoms with van der Waals surface area (Å²) in [6, 6.07) is 0. The van der Waals surface area contributed by atoms with E-state index in [1.165, 1.54) is 44.9 Å². The van der Waals surface area contributed by atoms with Crippen LogP contribution in [0.4, 0.5) is 0 Å². The van der Waals surface area contributed by atoms with Crippen molar-refractivity contribution in [3.8, 4) is 0 Å². The van der Waals surface area contributed by atoms with Gasteiger partial charge in [0.15, 0.2) is 0 Å². The summed E-state index contributed by atoms with van der Waals surface area (Å²) in [5, 5.41) is 0. The average molecular weight is 222 g/mol. The fourth-order valence-electron chi connectivity index (χ4n) is 4.15. The van der Waals surface area contributed by atoms with Crippen molar-refractivity contribution in [1.29, 1.82) is 0 Å². The Morgan fingerprint density at radius 3 is 2.00 bits per heavy atom. The quantitative estimate of drug-likeness (QED) is 0.513. The van der Waals surface area contributed by atoms with Gasteiger partial charge in [-0.2, -0.15) is 0 Å². The molecule has 0 bridgehead atoms. The number of hydrogen-bond acceptors (Lipinski definition) is 0. The first-order valence-corrected chi connectivity index (χ1v) is 7.77. The Morgan fingerprint density at radius 2 is 1.25 bits per heavy atom. The largest absolute Gasteiger partial charge is 0.0625 e. The second-order valence-corrected chi connectivity index (χ2v) is 6.65. The third-order valence-electron chi connectivity index (χ3n) is 5.34. The highest BCUT2D eigenvalue weighted by atomic mass is 14.3. The SMILES string of the molecule is CC1CCCCC2CCCCC2C(C)CC1. The Kier molecular flexibility index (Phi) is 4.73. The van der Waals surface area contributed by atoms with Crippen molar-refractivity contribution in [3.05, 3.63) is 0 Å². The monoisotopic (exact) mass is 222 g/mol. The van der Waals surface area contributed by atoms with Crippen molar-refractivity contribution in [2.75, 3.05) is 0 Å². The van der Waals surface area contributed by atoms with Crippen LogP contribution in [0.25, 0.3) is 0 Å². The molecule has 0 heterocycles. The molecule has 16 heavy (non-hydrogen) atoms. The van der Waals surface area contributed by atoms with E-state index >= 15 is 0 Å². The predicted octanol–water partition coefficient (Wildman–Crippen LogP) is 5.42. The fourth-order valence-corrected chi connectivity index (χ4v) is 4.15. The second-order valence-electron chi connectivity index (χ2n) is 6.65. The van der Waals surface area contributed by atoms with Crippen LogP contribution >= 0.6 is 0 Å². The minimum atomic E-state index is 0.989. The summed E-state index contributed by atoms with van der Waals surface area (Å²) in [5.74, 6) is 4.17. The van der Waals surface area contributed by atoms with E-state index in [1.807, 2.05) is 0 Å². The Morgan fingerprint density at radius 1 is 0.625 bits per heavy atom. The lowest BCUT2D eigenvalue weighted by Crippen LogP contribution is -2.26. The van der Waals surface area contributed by atoms with Gasteiger partial charge in [0.25, 0.3) is 0 Å². The zero-order valence-electron chi connectivity index (χ0n) is 11.4. The molecular formula is C16H30. The molecule has 4 unspecified atom stereocenters. The minimum Gasteiger partial charge on any atom is -0.0625 e. The Bertz CT molecular complexity index is 196. The average Bonchev–Trinajstić information content (AvgIpc) is 2.32. The van der Waals surface area contributed by atoms with E-state index in [-0.39, 0.29) is 0 Å². The number of rotatable bonds is 0. The smallest absolute Gasteiger partial charge is 0.0360 e. The van der Waals surface area contributed by atoms with E-state index < -0.39 is 0 Å². The minimum absolute atomic E-state index is 0.989. The molecule has 0 radical (unpaired) electrons. The molecule has 2 aliphatic rings. The summed E-state index contributed by atoms with van der Waals surface area (Å²) in [6.07, 6.45) is 15.2. The van der Waals surface area contributed by atoms with Crippen LogP contribution in [0.1, 0.15) is 78.1 Å². The van der Waals surface area contributed by atoms with Crippen LogP contribution in [0.15, 0.2) is 0 Å². The summed E-state index contributed by atoms with van der Waals surface area (Å²) >= 11 is 0. The van der Waals surface area contributed by atoms with Gasteiger partial charge in [-0.1, -0.05) is 71.6 Å². The van der Waals surface area contributed by atoms with Crippen LogP contribution in [0, 0.1) is 23.7 Å². The second kappa shape index (κ2) is 6.07. The highest BCUT2D eigenvalue weighted by molar-refractivity contribution is 4.80. The first-order chi connectivity index (χ1) is 7.77. The van der Waals surface area contributed by atoms with E-state index in [0.717, 1.165) is 23.7 Å². The van der Waals surface area contributed by atoms with Gasteiger partial charge >= 0.3 is 0 Å². The van der Waals surface area contributed by atoms with Crippen molar-refractivity contribution in [2.45, 2.75) is 78.1 Å². The highest BCUT2D eigenvalue weighted by Gasteiger charge is 2.29. The molecule has 0 spiro atoms. The van der Waals surface area contributed by atoms with Crippen LogP contribution in [0.2, 0.25) is 0 Å². The van der Waals surface area contributed by atoms with Crippen LogP contribution < -0.4 is 0 Å². The van der Waals surface area contributed by atoms with Crippen molar-refractivity contribution < 1.29 is 0 Å². The van der Waals surface area contributed by atoms with Crippen LogP contribution in [0.5, 0.6) is 0 Å². The lowest BCUT2D eigenvalue weighted by Gasteiger charge is -2.37. The number of hydrogen-bond donors (Lipinski definition) is 0. The van der Waals surface area contributed by atoms with Gasteiger partial charge in [-0.25, -0.2) is 0 Å². The molecule has 0 amide bonds. The van der Waals surface area contributed by atoms with Gasteiger partial charge < -0.3 is 0 Å². The van der Waals surface area contributed by atoms with E-state index in [4.69, 9.17) is 0 Å². The van der Waals surface area contributed by atoms with Gasteiger partial charge in [-0.3, -0.25) is 0 Å². The van der Waals surface area contributed by atoms with Gasteiger partial charge in [0.2, 0.25) is 0 Å². The van der Waals surface area contributed by atoms with Gasteiger partial charge in [0, 0.05) is 0 Å². The zero-order valence-corrected chi connectivity index (χ0v) is 11.4. The Balaban J connectivity index is 1.95. The first-order valence-electron chi connectivity index (χ1n) is 7.77. The lowest BCUT2D eigenvalue weighted by atomic mass is 9.69. The molecule has 94 valence electrons. The summed E-state index contributed by atoms with van der Waals surface area (Å²) in [6.45, 7) is 5.00. The van der Waals surface area contributed by atoms with Crippen molar-refractivity contribution in [3.63, 3.8) is 0 Å². The van der Waals surface area contributed by atoms with Crippen molar-refractivity contribution in [1.82, 2.24) is 0 Å². The third kappa shape index (κ3) is 3.25. The maximum Gasteiger partial charge on any atom is -0.0360 e. The fraction of sp³-hybridized carbons (Fsp3) is 1.00. The van der Waals surface area contributed by atoms with Gasteiger partial charge in [-0.15, -0.1) is 0 Å². The standard InChI is InChI=1S/C16H30/c1-13-7-3-4-8-15-9-5-6-10-16(15)14(2)12-11-13/h13-16H,3-12H2,1-2H3. The van der Waals surface area contributed by atoms with Crippen LogP contribution in [-0.2, 0) is 0 Å². The molecule has 2 fully saturated rings. The van der Waals surface area contributed by atoms with Crippen molar-refractivity contribution in [2.24, 2.45) is 23.7 Å². The lowest BCUT2D eigenvalue weighted by molar-refractivity contribution is 0.140. The van der Waals surface area contributed by atoms with E-state index in [0.29, 0.717) is 0 Å². The molecule has 4 atom stereocenters. The number of fused-ring (bicyclic) bond motifs is 1. The van der Waals surface area contributed by atoms with Crippen LogP contribution in [0.3, 0.4) is 0 Å². The molecule has 0 aromatic rings. The molecule has 0 nitrogen and oxygen atoms in total. The van der Waals surface area contributed by atoms with Gasteiger partial charge in [0.05, 0.1) is 0 Å². The summed E-state index contributed by atoms with van der Waals surface area (Å²) in [4.78, 5) is 0. The van der Waals surface area contributed by atoms with Gasteiger partial charge in [0.1, 0.15) is 0 Å². The molecule has 0 heteroatoms. The molecule has 2 aliphatic carbocycles. The molecule has 0 aromatic carbocycles. The first kappa shape index (κ1) is 12.5. The Labute approximate surface area is 102 Å². The van der Waals surface area contributed by atoms with Crippen molar-refractivity contribution >= 4 is 0 Å². The molecule has 0 aliphatic heterocycles. The molecular weight excluding hydrogens is 192 g/mol. The normalized spacial score (nSPS) is 42.4. The van der Waals surface area contributed by atoms with E-state index in [2.05, 4.69) is 13.8 Å². The topological polar surface area (TPSA) is 0 Å². The molecule has 2 rings (SSSR count). The van der Waals surface area contributed by atoms with E-state index in [9.17, 15) is 0 Å². The molecule has 0 N–H and O–H groups in total.